The van der Waals surface area contributed by atoms with E-state index in [4.69, 9.17) is 0 Å². The predicted octanol–water partition coefficient (Wildman–Crippen LogP) is 2.83. The molecule has 1 aliphatic rings. The summed E-state index contributed by atoms with van der Waals surface area (Å²) in [5, 5.41) is 9.29. The van der Waals surface area contributed by atoms with Crippen LogP contribution < -0.4 is 0 Å². The second kappa shape index (κ2) is 3.52. The highest BCUT2D eigenvalue weighted by molar-refractivity contribution is 7.09. The van der Waals surface area contributed by atoms with E-state index in [1.807, 2.05) is 5.51 Å². The van der Waals surface area contributed by atoms with Crippen LogP contribution in [0.5, 0.6) is 0 Å². The third-order valence-corrected chi connectivity index (χ3v) is 3.52. The molecular weight excluding hydrogens is 168 g/mol. The molecule has 1 fully saturated rings. The molecule has 1 saturated carbocycles. The summed E-state index contributed by atoms with van der Waals surface area (Å²) in [5.41, 5.74) is 1.84. The van der Waals surface area contributed by atoms with Crippen LogP contribution in [0.4, 0.5) is 0 Å². The topological polar surface area (TPSA) is 25.8 Å². The summed E-state index contributed by atoms with van der Waals surface area (Å²) in [6.45, 7) is 2.34. The molecule has 1 aromatic heterocycles. The molecular formula is C9H14N2S. The van der Waals surface area contributed by atoms with Gasteiger partial charge in [0.2, 0.25) is 0 Å². The van der Waals surface area contributed by atoms with Gasteiger partial charge in [0.15, 0.2) is 0 Å². The fraction of sp³-hybridized carbons (Fsp3) is 0.778. The number of hydrogen-bond donors (Lipinski definition) is 0. The fourth-order valence-corrected chi connectivity index (χ4v) is 2.72. The molecule has 0 amide bonds. The lowest BCUT2D eigenvalue weighted by atomic mass is 9.83. The predicted molar refractivity (Wildman–Crippen MR) is 50.3 cm³/mol. The first-order chi connectivity index (χ1) is 5.86. The molecule has 0 spiro atoms. The van der Waals surface area contributed by atoms with E-state index in [0.29, 0.717) is 5.92 Å². The molecule has 2 rings (SSSR count). The Morgan fingerprint density at radius 2 is 2.42 bits per heavy atom. The Balaban J connectivity index is 2.04. The van der Waals surface area contributed by atoms with Crippen molar-refractivity contribution in [3.05, 3.63) is 10.5 Å². The zero-order valence-corrected chi connectivity index (χ0v) is 8.18. The average Bonchev–Trinajstić information content (AvgIpc) is 2.56. The monoisotopic (exact) mass is 182 g/mol. The molecule has 1 aromatic rings. The minimum atomic E-state index is 0.709. The van der Waals surface area contributed by atoms with Crippen LogP contribution in [-0.2, 0) is 0 Å². The standard InChI is InChI=1S/C9H14N2S/c1-7-3-2-4-8(5-7)9-11-10-6-12-9/h6-8H,2-5H2,1H3. The van der Waals surface area contributed by atoms with Gasteiger partial charge in [-0.1, -0.05) is 19.8 Å². The molecule has 3 heteroatoms. The molecule has 12 heavy (non-hydrogen) atoms. The number of aromatic nitrogens is 2. The van der Waals surface area contributed by atoms with Crippen LogP contribution in [-0.4, -0.2) is 10.2 Å². The lowest BCUT2D eigenvalue weighted by Gasteiger charge is -2.24. The molecule has 0 N–H and O–H groups in total. The van der Waals surface area contributed by atoms with Crippen molar-refractivity contribution in [3.8, 4) is 0 Å². The summed E-state index contributed by atoms with van der Waals surface area (Å²) in [6.07, 6.45) is 5.40. The van der Waals surface area contributed by atoms with Crippen molar-refractivity contribution in [1.29, 1.82) is 0 Å². The maximum atomic E-state index is 4.14. The minimum absolute atomic E-state index is 0.709. The highest BCUT2D eigenvalue weighted by Crippen LogP contribution is 2.36. The van der Waals surface area contributed by atoms with Crippen LogP contribution in [0.1, 0.15) is 43.5 Å². The number of nitrogens with zero attached hydrogens (tertiary/aromatic N) is 2. The van der Waals surface area contributed by atoms with E-state index >= 15 is 0 Å². The zero-order chi connectivity index (χ0) is 8.39. The molecule has 0 bridgehead atoms. The highest BCUT2D eigenvalue weighted by Gasteiger charge is 2.22. The minimum Gasteiger partial charge on any atom is -0.147 e. The smallest absolute Gasteiger partial charge is 0.120 e. The lowest BCUT2D eigenvalue weighted by Crippen LogP contribution is -2.11. The van der Waals surface area contributed by atoms with Gasteiger partial charge in [-0.2, -0.15) is 0 Å². The first kappa shape index (κ1) is 8.17. The van der Waals surface area contributed by atoms with Gasteiger partial charge < -0.3 is 0 Å². The Morgan fingerprint density at radius 3 is 3.08 bits per heavy atom. The van der Waals surface area contributed by atoms with E-state index < -0.39 is 0 Å². The molecule has 1 heterocycles. The largest absolute Gasteiger partial charge is 0.147 e. The van der Waals surface area contributed by atoms with Gasteiger partial charge in [-0.25, -0.2) is 0 Å². The van der Waals surface area contributed by atoms with E-state index in [9.17, 15) is 0 Å². The van der Waals surface area contributed by atoms with Gasteiger partial charge in [0.1, 0.15) is 10.5 Å². The van der Waals surface area contributed by atoms with Crippen LogP contribution in [0.25, 0.3) is 0 Å². The first-order valence-electron chi connectivity index (χ1n) is 4.62. The zero-order valence-electron chi connectivity index (χ0n) is 7.36. The Kier molecular flexibility index (Phi) is 2.40. The van der Waals surface area contributed by atoms with Crippen molar-refractivity contribution >= 4 is 11.3 Å². The summed E-state index contributed by atoms with van der Waals surface area (Å²) < 4.78 is 0. The molecule has 0 aromatic carbocycles. The van der Waals surface area contributed by atoms with E-state index in [2.05, 4.69) is 17.1 Å². The summed E-state index contributed by atoms with van der Waals surface area (Å²) in [6, 6.07) is 0. The van der Waals surface area contributed by atoms with Crippen molar-refractivity contribution in [2.75, 3.05) is 0 Å². The number of rotatable bonds is 1. The Morgan fingerprint density at radius 1 is 1.50 bits per heavy atom. The second-order valence-electron chi connectivity index (χ2n) is 3.75. The number of hydrogen-bond acceptors (Lipinski definition) is 3. The van der Waals surface area contributed by atoms with E-state index in [1.54, 1.807) is 11.3 Å². The molecule has 1 aliphatic carbocycles. The van der Waals surface area contributed by atoms with E-state index in [0.717, 1.165) is 5.92 Å². The molecule has 0 radical (unpaired) electrons. The highest BCUT2D eigenvalue weighted by atomic mass is 32.1. The van der Waals surface area contributed by atoms with Gasteiger partial charge in [-0.3, -0.25) is 0 Å². The van der Waals surface area contributed by atoms with Crippen LogP contribution in [0.2, 0.25) is 0 Å². The summed E-state index contributed by atoms with van der Waals surface area (Å²) >= 11 is 1.71. The first-order valence-corrected chi connectivity index (χ1v) is 5.50. The summed E-state index contributed by atoms with van der Waals surface area (Å²) in [5.74, 6) is 1.59. The van der Waals surface area contributed by atoms with Crippen LogP contribution in [0, 0.1) is 5.92 Å². The fourth-order valence-electron chi connectivity index (χ4n) is 2.02. The van der Waals surface area contributed by atoms with Crippen LogP contribution in [0.3, 0.4) is 0 Å². The lowest BCUT2D eigenvalue weighted by molar-refractivity contribution is 0.342. The maximum absolute atomic E-state index is 4.14. The SMILES string of the molecule is CC1CCCC(c2nncs2)C1. The molecule has 2 atom stereocenters. The van der Waals surface area contributed by atoms with E-state index in [1.165, 1.54) is 30.7 Å². The third-order valence-electron chi connectivity index (χ3n) is 2.66. The van der Waals surface area contributed by atoms with Crippen molar-refractivity contribution in [3.63, 3.8) is 0 Å². The Bertz CT molecular complexity index is 233. The molecule has 2 unspecified atom stereocenters. The third kappa shape index (κ3) is 1.66. The van der Waals surface area contributed by atoms with Crippen molar-refractivity contribution < 1.29 is 0 Å². The van der Waals surface area contributed by atoms with Crippen molar-refractivity contribution in [2.24, 2.45) is 5.92 Å². The van der Waals surface area contributed by atoms with Crippen LogP contribution >= 0.6 is 11.3 Å². The Labute approximate surface area is 77.0 Å². The quantitative estimate of drug-likeness (QED) is 0.667. The van der Waals surface area contributed by atoms with Gasteiger partial charge in [-0.05, 0) is 18.8 Å². The summed E-state index contributed by atoms with van der Waals surface area (Å²) in [7, 11) is 0. The molecule has 0 saturated heterocycles. The van der Waals surface area contributed by atoms with Gasteiger partial charge in [0.05, 0.1) is 0 Å². The Hall–Kier alpha value is -0.440. The van der Waals surface area contributed by atoms with Gasteiger partial charge in [-0.15, -0.1) is 21.5 Å². The molecule has 0 aliphatic heterocycles. The second-order valence-corrected chi connectivity index (χ2v) is 4.61. The molecule has 66 valence electrons. The van der Waals surface area contributed by atoms with Gasteiger partial charge in [0, 0.05) is 5.92 Å². The van der Waals surface area contributed by atoms with E-state index in [-0.39, 0.29) is 0 Å². The van der Waals surface area contributed by atoms with Gasteiger partial charge >= 0.3 is 0 Å². The normalized spacial score (nSPS) is 30.4. The average molecular weight is 182 g/mol. The van der Waals surface area contributed by atoms with Crippen molar-refractivity contribution in [2.45, 2.75) is 38.5 Å². The van der Waals surface area contributed by atoms with Crippen molar-refractivity contribution in [1.82, 2.24) is 10.2 Å². The summed E-state index contributed by atoms with van der Waals surface area (Å²) in [4.78, 5) is 0. The van der Waals surface area contributed by atoms with Crippen LogP contribution in [0.15, 0.2) is 5.51 Å². The molecule has 2 nitrogen and oxygen atoms in total. The van der Waals surface area contributed by atoms with Gasteiger partial charge in [0.25, 0.3) is 0 Å². The maximum Gasteiger partial charge on any atom is 0.120 e.